The third-order valence-electron chi connectivity index (χ3n) is 3.75. The summed E-state index contributed by atoms with van der Waals surface area (Å²) in [6, 6.07) is 0.286. The molecular weight excluding hydrogens is 290 g/mol. The summed E-state index contributed by atoms with van der Waals surface area (Å²) in [4.78, 5) is 6.08. The molecule has 1 atom stereocenters. The minimum Gasteiger partial charge on any atom is -0.760 e. The third kappa shape index (κ3) is 4.76. The predicted octanol–water partition coefficient (Wildman–Crippen LogP) is 0.647. The monoisotopic (exact) mass is 312 g/mol. The van der Waals surface area contributed by atoms with Crippen LogP contribution in [0.15, 0.2) is 28.5 Å². The fourth-order valence-electron chi connectivity index (χ4n) is 2.37. The van der Waals surface area contributed by atoms with Crippen LogP contribution in [-0.4, -0.2) is 44.8 Å². The van der Waals surface area contributed by atoms with Gasteiger partial charge in [-0.05, 0) is 39.0 Å². The van der Waals surface area contributed by atoms with Crippen molar-refractivity contribution < 1.29 is 8.76 Å². The second kappa shape index (κ2) is 8.06. The minimum absolute atomic E-state index is 0.00780. The molecule has 0 aromatic rings. The van der Waals surface area contributed by atoms with Crippen LogP contribution < -0.4 is 10.5 Å². The molecule has 0 aromatic carbocycles. The van der Waals surface area contributed by atoms with E-state index in [4.69, 9.17) is 11.1 Å². The highest BCUT2D eigenvalue weighted by Crippen LogP contribution is 2.28. The lowest BCUT2D eigenvalue weighted by Crippen LogP contribution is -2.51. The van der Waals surface area contributed by atoms with Gasteiger partial charge >= 0.3 is 0 Å². The molecule has 0 bridgehead atoms. The highest BCUT2D eigenvalue weighted by atomic mass is 32.2. The summed E-state index contributed by atoms with van der Waals surface area (Å²) in [5.74, 6) is 0. The highest BCUT2D eigenvalue weighted by Gasteiger charge is 2.32. The maximum absolute atomic E-state index is 10.6. The first kappa shape index (κ1) is 17.5. The minimum atomic E-state index is -2.21. The van der Waals surface area contributed by atoms with Crippen LogP contribution in [0.5, 0.6) is 0 Å². The van der Waals surface area contributed by atoms with Crippen LogP contribution in [0.1, 0.15) is 26.7 Å². The van der Waals surface area contributed by atoms with Crippen molar-refractivity contribution in [2.24, 2.45) is 10.7 Å². The van der Waals surface area contributed by atoms with E-state index in [-0.39, 0.29) is 12.1 Å². The fraction of sp³-hybridized carbons (Fsp3) is 0.538. The topological polar surface area (TPSA) is 118 Å². The summed E-state index contributed by atoms with van der Waals surface area (Å²) < 4.78 is 23.6. The van der Waals surface area contributed by atoms with E-state index in [1.165, 1.54) is 6.20 Å². The van der Waals surface area contributed by atoms with E-state index in [1.807, 2.05) is 20.9 Å². The molecule has 0 aromatic heterocycles. The van der Waals surface area contributed by atoms with E-state index < -0.39 is 11.3 Å². The normalized spacial score (nSPS) is 25.2. The van der Waals surface area contributed by atoms with Crippen LogP contribution >= 0.6 is 0 Å². The Balaban J connectivity index is 2.81. The Morgan fingerprint density at radius 2 is 2.14 bits per heavy atom. The molecule has 0 heterocycles. The van der Waals surface area contributed by atoms with Gasteiger partial charge in [0.2, 0.25) is 0 Å². The summed E-state index contributed by atoms with van der Waals surface area (Å²) in [5.41, 5.74) is 8.05. The SMILES string of the molecule is CC(=NC=N)C(C=CN)=C(C)N(C)C1CC(NS(=O)[O-])C1. The van der Waals surface area contributed by atoms with E-state index in [9.17, 15) is 8.76 Å². The van der Waals surface area contributed by atoms with Gasteiger partial charge < -0.3 is 15.2 Å². The Morgan fingerprint density at radius 3 is 2.62 bits per heavy atom. The lowest BCUT2D eigenvalue weighted by atomic mass is 9.86. The van der Waals surface area contributed by atoms with E-state index in [1.54, 1.807) is 6.08 Å². The molecule has 1 aliphatic rings. The Kier molecular flexibility index (Phi) is 6.73. The van der Waals surface area contributed by atoms with Crippen molar-refractivity contribution in [3.63, 3.8) is 0 Å². The van der Waals surface area contributed by atoms with E-state index >= 15 is 0 Å². The predicted molar refractivity (Wildman–Crippen MR) is 84.5 cm³/mol. The Bertz CT molecular complexity index is 495. The van der Waals surface area contributed by atoms with Crippen molar-refractivity contribution in [1.82, 2.24) is 9.62 Å². The Hall–Kier alpha value is -1.51. The second-order valence-corrected chi connectivity index (χ2v) is 5.69. The van der Waals surface area contributed by atoms with Gasteiger partial charge in [0.25, 0.3) is 0 Å². The molecule has 1 unspecified atom stereocenters. The molecule has 0 saturated heterocycles. The molecule has 1 saturated carbocycles. The zero-order chi connectivity index (χ0) is 16.0. The van der Waals surface area contributed by atoms with Crippen molar-refractivity contribution in [2.75, 3.05) is 7.05 Å². The molecule has 0 amide bonds. The molecule has 118 valence electrons. The maximum atomic E-state index is 10.6. The number of hydrogen-bond donors (Lipinski definition) is 3. The van der Waals surface area contributed by atoms with Gasteiger partial charge in [0.1, 0.15) is 6.34 Å². The van der Waals surface area contributed by atoms with E-state index in [2.05, 4.69) is 14.6 Å². The van der Waals surface area contributed by atoms with Crippen LogP contribution in [0.2, 0.25) is 0 Å². The highest BCUT2D eigenvalue weighted by molar-refractivity contribution is 7.77. The number of hydrogen-bond acceptors (Lipinski definition) is 5. The molecule has 0 radical (unpaired) electrons. The van der Waals surface area contributed by atoms with Crippen LogP contribution in [0.4, 0.5) is 0 Å². The van der Waals surface area contributed by atoms with Gasteiger partial charge in [-0.15, -0.1) is 0 Å². The molecule has 1 rings (SSSR count). The molecule has 0 spiro atoms. The third-order valence-corrected chi connectivity index (χ3v) is 4.28. The number of allylic oxidation sites excluding steroid dienone is 3. The molecule has 21 heavy (non-hydrogen) atoms. The lowest BCUT2D eigenvalue weighted by Gasteiger charge is -2.43. The Labute approximate surface area is 127 Å². The largest absolute Gasteiger partial charge is 0.760 e. The number of nitrogens with two attached hydrogens (primary N) is 1. The smallest absolute Gasteiger partial charge is 0.107 e. The molecule has 7 nitrogen and oxygen atoms in total. The van der Waals surface area contributed by atoms with Crippen molar-refractivity contribution in [1.29, 1.82) is 5.41 Å². The molecule has 8 heteroatoms. The first-order valence-corrected chi connectivity index (χ1v) is 7.69. The number of aliphatic imine (C=N–C) groups is 1. The van der Waals surface area contributed by atoms with Crippen molar-refractivity contribution in [3.8, 4) is 0 Å². The zero-order valence-electron chi connectivity index (χ0n) is 12.5. The van der Waals surface area contributed by atoms with Crippen LogP contribution in [0.3, 0.4) is 0 Å². The lowest BCUT2D eigenvalue weighted by molar-refractivity contribution is 0.165. The second-order valence-electron chi connectivity index (χ2n) is 4.99. The van der Waals surface area contributed by atoms with Gasteiger partial charge in [-0.2, -0.15) is 0 Å². The van der Waals surface area contributed by atoms with Gasteiger partial charge in [0, 0.05) is 47.4 Å². The number of nitrogens with one attached hydrogen (secondary N) is 2. The van der Waals surface area contributed by atoms with Crippen molar-refractivity contribution in [2.45, 2.75) is 38.8 Å². The Morgan fingerprint density at radius 1 is 1.52 bits per heavy atom. The molecule has 4 N–H and O–H groups in total. The maximum Gasteiger partial charge on any atom is 0.107 e. The molecular formula is C13H22N5O2S-. The van der Waals surface area contributed by atoms with Crippen molar-refractivity contribution >= 4 is 23.3 Å². The summed E-state index contributed by atoms with van der Waals surface area (Å²) in [6.45, 7) is 3.79. The van der Waals surface area contributed by atoms with Gasteiger partial charge in [-0.3, -0.25) is 9.62 Å². The fourth-order valence-corrected chi connectivity index (χ4v) is 2.83. The molecule has 1 aliphatic carbocycles. The van der Waals surface area contributed by atoms with Gasteiger partial charge in [0.05, 0.1) is 0 Å². The van der Waals surface area contributed by atoms with Crippen LogP contribution in [0.25, 0.3) is 0 Å². The zero-order valence-corrected chi connectivity index (χ0v) is 13.3. The van der Waals surface area contributed by atoms with Crippen LogP contribution in [0, 0.1) is 5.41 Å². The van der Waals surface area contributed by atoms with Gasteiger partial charge in [-0.25, -0.2) is 9.71 Å². The van der Waals surface area contributed by atoms with Gasteiger partial charge in [0.15, 0.2) is 0 Å². The van der Waals surface area contributed by atoms with Gasteiger partial charge in [-0.1, -0.05) is 0 Å². The number of nitrogens with zero attached hydrogens (tertiary/aromatic N) is 2. The first-order valence-electron chi connectivity index (χ1n) is 6.61. The van der Waals surface area contributed by atoms with Crippen molar-refractivity contribution in [3.05, 3.63) is 23.5 Å². The summed E-state index contributed by atoms with van der Waals surface area (Å²) in [7, 11) is 1.96. The van der Waals surface area contributed by atoms with Crippen LogP contribution in [-0.2, 0) is 11.3 Å². The average Bonchev–Trinajstić information content (AvgIpc) is 2.38. The molecule has 1 fully saturated rings. The summed E-state index contributed by atoms with van der Waals surface area (Å²) >= 11 is -2.21. The molecule has 0 aliphatic heterocycles. The van der Waals surface area contributed by atoms with E-state index in [0.717, 1.165) is 30.5 Å². The summed E-state index contributed by atoms with van der Waals surface area (Å²) in [5, 5.41) is 7.06. The summed E-state index contributed by atoms with van der Waals surface area (Å²) in [6.07, 6.45) is 5.74. The standard InChI is InChI=1S/C13H23N5O2S/c1-9(16-8-15)13(4-5-14)10(2)18(3)12-6-11(7-12)17-21(19)20/h4-5,8,11-12,15,17H,6-7,14H2,1-3H3,(H,19,20)/p-1. The average molecular weight is 312 g/mol. The first-order chi connectivity index (χ1) is 9.90. The quantitative estimate of drug-likeness (QED) is 0.277. The van der Waals surface area contributed by atoms with E-state index in [0.29, 0.717) is 5.71 Å². The number of rotatable bonds is 7.